The summed E-state index contributed by atoms with van der Waals surface area (Å²) >= 11 is 0. The van der Waals surface area contributed by atoms with E-state index in [1.54, 1.807) is 0 Å². The molecule has 0 aromatic heterocycles. The SMILES string of the molecule is C=BC(C)(C)CC(c1ccccc1)C(C)C(C)(C)CCc1ccccc1. The average Bonchev–Trinajstić information content (AvgIpc) is 2.65. The van der Waals surface area contributed by atoms with Crippen LogP contribution >= 0.6 is 0 Å². The summed E-state index contributed by atoms with van der Waals surface area (Å²) in [4.78, 5) is 0. The molecule has 0 spiro atoms. The fourth-order valence-electron chi connectivity index (χ4n) is 3.82. The van der Waals surface area contributed by atoms with Crippen LogP contribution in [0.3, 0.4) is 0 Å². The van der Waals surface area contributed by atoms with Crippen LogP contribution in [-0.4, -0.2) is 13.4 Å². The Hall–Kier alpha value is -1.63. The zero-order valence-electron chi connectivity index (χ0n) is 17.3. The third kappa shape index (κ3) is 5.69. The Labute approximate surface area is 162 Å². The zero-order chi connectivity index (χ0) is 19.2. The molecule has 0 nitrogen and oxygen atoms in total. The molecule has 138 valence electrons. The summed E-state index contributed by atoms with van der Waals surface area (Å²) in [5, 5.41) is 0.143. The standard InChI is InChI=1S/C25H35B/c1-20(24(2,3)18-17-21-13-9-7-10-14-21)23(19-25(4,5)26-6)22-15-11-8-12-16-22/h7-16,20,23H,6,17-19H2,1-5H3. The first-order valence-corrected chi connectivity index (χ1v) is 9.98. The van der Waals surface area contributed by atoms with Gasteiger partial charge >= 0.3 is 162 Å². The van der Waals surface area contributed by atoms with Crippen LogP contribution in [0.1, 0.15) is 64.5 Å². The summed E-state index contributed by atoms with van der Waals surface area (Å²) in [6.07, 6.45) is 3.48. The molecule has 0 amide bonds. The van der Waals surface area contributed by atoms with E-state index in [0.29, 0.717) is 11.8 Å². The van der Waals surface area contributed by atoms with Crippen molar-refractivity contribution in [1.29, 1.82) is 0 Å². The van der Waals surface area contributed by atoms with E-state index in [1.807, 2.05) is 0 Å². The van der Waals surface area contributed by atoms with Crippen molar-refractivity contribution in [3.63, 3.8) is 0 Å². The summed E-state index contributed by atoms with van der Waals surface area (Å²) in [5.74, 6) is 1.13. The minimum absolute atomic E-state index is 0.143. The van der Waals surface area contributed by atoms with Gasteiger partial charge in [0.05, 0.1) is 0 Å². The van der Waals surface area contributed by atoms with E-state index in [2.05, 4.69) is 109 Å². The van der Waals surface area contributed by atoms with Crippen LogP contribution in [0.4, 0.5) is 0 Å². The predicted octanol–water partition coefficient (Wildman–Crippen LogP) is 6.79. The van der Waals surface area contributed by atoms with Crippen LogP contribution in [0.5, 0.6) is 0 Å². The second kappa shape index (κ2) is 8.84. The van der Waals surface area contributed by atoms with Crippen molar-refractivity contribution < 1.29 is 0 Å². The second-order valence-electron chi connectivity index (χ2n) is 9.18. The summed E-state index contributed by atoms with van der Waals surface area (Å²) in [7, 11) is 0. The molecule has 26 heavy (non-hydrogen) atoms. The van der Waals surface area contributed by atoms with Gasteiger partial charge in [0.15, 0.2) is 0 Å². The van der Waals surface area contributed by atoms with E-state index >= 15 is 0 Å². The topological polar surface area (TPSA) is 0 Å². The van der Waals surface area contributed by atoms with Gasteiger partial charge in [-0.05, 0) is 0 Å². The van der Waals surface area contributed by atoms with Gasteiger partial charge in [-0.25, -0.2) is 0 Å². The van der Waals surface area contributed by atoms with E-state index in [-0.39, 0.29) is 10.7 Å². The van der Waals surface area contributed by atoms with Crippen molar-refractivity contribution in [2.24, 2.45) is 11.3 Å². The maximum atomic E-state index is 4.08. The molecule has 0 aliphatic rings. The first-order valence-electron chi connectivity index (χ1n) is 9.98. The number of hydrogen-bond donors (Lipinski definition) is 0. The van der Waals surface area contributed by atoms with Crippen molar-refractivity contribution in [2.45, 2.75) is 65.1 Å². The Morgan fingerprint density at radius 2 is 1.42 bits per heavy atom. The van der Waals surface area contributed by atoms with Crippen LogP contribution in [0, 0.1) is 11.3 Å². The first kappa shape index (κ1) is 20.7. The molecule has 1 heteroatoms. The van der Waals surface area contributed by atoms with Crippen molar-refractivity contribution in [1.82, 2.24) is 0 Å². The number of hydrogen-bond acceptors (Lipinski definition) is 0. The molecule has 2 unspecified atom stereocenters. The third-order valence-corrected chi connectivity index (χ3v) is 6.26. The monoisotopic (exact) mass is 346 g/mol. The fraction of sp³-hybridized carbons (Fsp3) is 0.480. The van der Waals surface area contributed by atoms with Crippen molar-refractivity contribution >= 4 is 13.4 Å². The van der Waals surface area contributed by atoms with Gasteiger partial charge in [-0.15, -0.1) is 0 Å². The summed E-state index contributed by atoms with van der Waals surface area (Å²) in [6.45, 7) is 18.1. The summed E-state index contributed by atoms with van der Waals surface area (Å²) in [6, 6.07) is 21.9. The minimum atomic E-state index is 0.143. The Bertz CT molecular complexity index is 670. The second-order valence-corrected chi connectivity index (χ2v) is 9.18. The predicted molar refractivity (Wildman–Crippen MR) is 118 cm³/mol. The van der Waals surface area contributed by atoms with E-state index in [1.165, 1.54) is 17.5 Å². The van der Waals surface area contributed by atoms with Crippen molar-refractivity contribution in [2.75, 3.05) is 0 Å². The molecule has 0 saturated heterocycles. The van der Waals surface area contributed by atoms with Gasteiger partial charge in [0, 0.05) is 0 Å². The molecule has 0 saturated carbocycles. The molecule has 0 heterocycles. The van der Waals surface area contributed by atoms with Gasteiger partial charge in [-0.1, -0.05) is 0 Å². The quantitative estimate of drug-likeness (QED) is 0.439. The summed E-state index contributed by atoms with van der Waals surface area (Å²) in [5.41, 5.74) is 3.17. The Morgan fingerprint density at radius 1 is 0.885 bits per heavy atom. The van der Waals surface area contributed by atoms with Gasteiger partial charge in [-0.2, -0.15) is 0 Å². The van der Waals surface area contributed by atoms with Crippen LogP contribution in [0.25, 0.3) is 0 Å². The van der Waals surface area contributed by atoms with E-state index in [0.717, 1.165) is 12.8 Å². The molecule has 2 rings (SSSR count). The fourth-order valence-corrected chi connectivity index (χ4v) is 3.82. The first-order chi connectivity index (χ1) is 12.2. The molecular formula is C25H35B. The van der Waals surface area contributed by atoms with Crippen LogP contribution < -0.4 is 0 Å². The summed E-state index contributed by atoms with van der Waals surface area (Å²) < 4.78 is 0. The molecule has 0 radical (unpaired) electrons. The molecule has 0 N–H and O–H groups in total. The van der Waals surface area contributed by atoms with E-state index < -0.39 is 0 Å². The van der Waals surface area contributed by atoms with Gasteiger partial charge < -0.3 is 0 Å². The Morgan fingerprint density at radius 3 is 1.96 bits per heavy atom. The van der Waals surface area contributed by atoms with Crippen LogP contribution in [0.15, 0.2) is 60.7 Å². The third-order valence-electron chi connectivity index (χ3n) is 6.26. The number of benzene rings is 2. The molecule has 0 fully saturated rings. The normalized spacial score (nSPS) is 14.5. The van der Waals surface area contributed by atoms with Gasteiger partial charge in [0.1, 0.15) is 0 Å². The van der Waals surface area contributed by atoms with Crippen molar-refractivity contribution in [3.05, 3.63) is 71.8 Å². The maximum absolute atomic E-state index is 4.08. The number of rotatable bonds is 9. The van der Waals surface area contributed by atoms with Gasteiger partial charge in [0.2, 0.25) is 0 Å². The Kier molecular flexibility index (Phi) is 7.04. The van der Waals surface area contributed by atoms with Crippen LogP contribution in [-0.2, 0) is 6.42 Å². The van der Waals surface area contributed by atoms with E-state index in [9.17, 15) is 0 Å². The number of aryl methyl sites for hydroxylation is 1. The zero-order valence-corrected chi connectivity index (χ0v) is 17.3. The molecule has 0 aliphatic heterocycles. The molecule has 2 aromatic carbocycles. The van der Waals surface area contributed by atoms with Gasteiger partial charge in [0.25, 0.3) is 0 Å². The van der Waals surface area contributed by atoms with Crippen molar-refractivity contribution in [3.8, 4) is 0 Å². The van der Waals surface area contributed by atoms with Gasteiger partial charge in [-0.3, -0.25) is 0 Å². The van der Waals surface area contributed by atoms with Crippen LogP contribution in [0.2, 0.25) is 5.31 Å². The Balaban J connectivity index is 2.20. The van der Waals surface area contributed by atoms with E-state index in [4.69, 9.17) is 0 Å². The molecule has 2 aromatic rings. The molecule has 0 aliphatic carbocycles. The molecule has 2 atom stereocenters. The molecular weight excluding hydrogens is 311 g/mol. The molecule has 0 bridgehead atoms. The average molecular weight is 346 g/mol.